The van der Waals surface area contributed by atoms with Gasteiger partial charge in [0.15, 0.2) is 0 Å². The van der Waals surface area contributed by atoms with Crippen LogP contribution in [0, 0.1) is 0 Å². The van der Waals surface area contributed by atoms with Gasteiger partial charge in [0.25, 0.3) is 0 Å². The molecular weight excluding hydrogens is 100 g/mol. The minimum absolute atomic E-state index is 0.0613. The molecule has 0 saturated carbocycles. The van der Waals surface area contributed by atoms with Gasteiger partial charge in [-0.2, -0.15) is 0 Å². The molecule has 0 saturated heterocycles. The van der Waals surface area contributed by atoms with Crippen LogP contribution in [-0.2, 0) is 0 Å². The maximum atomic E-state index is 5.42. The highest BCUT2D eigenvalue weighted by molar-refractivity contribution is 4.92. The molecule has 48 valence electrons. The van der Waals surface area contributed by atoms with Crippen molar-refractivity contribution in [3.05, 3.63) is 11.8 Å². The maximum absolute atomic E-state index is 5.42. The van der Waals surface area contributed by atoms with Crippen LogP contribution >= 0.6 is 0 Å². The summed E-state index contributed by atoms with van der Waals surface area (Å²) in [6.07, 6.45) is 2.05. The summed E-state index contributed by atoms with van der Waals surface area (Å²) in [7, 11) is 0. The smallest absolute Gasteiger partial charge is 0.0711 e. The van der Waals surface area contributed by atoms with Gasteiger partial charge in [-0.3, -0.25) is 0 Å². The van der Waals surface area contributed by atoms with E-state index in [1.54, 1.807) is 0 Å². The first-order valence-electron chi connectivity index (χ1n) is 2.82. The van der Waals surface area contributed by atoms with Crippen molar-refractivity contribution >= 4 is 0 Å². The molecule has 0 aromatic heterocycles. The Hall–Kier alpha value is -0.500. The van der Waals surface area contributed by atoms with Crippen LogP contribution in [0.3, 0.4) is 0 Å². The van der Waals surface area contributed by atoms with Crippen LogP contribution in [0.2, 0.25) is 0 Å². The van der Waals surface area contributed by atoms with Gasteiger partial charge >= 0.3 is 0 Å². The second kappa shape index (κ2) is 3.50. The average Bonchev–Trinajstić information content (AvgIpc) is 1.65. The fraction of sp³-hybridized carbons (Fsp3) is 0.667. The highest BCUT2D eigenvalue weighted by Gasteiger charge is 1.87. The molecule has 0 aliphatic heterocycles. The molecule has 8 heavy (non-hydrogen) atoms. The number of allylic oxidation sites excluding steroid dienone is 2. The predicted octanol–water partition coefficient (Wildman–Crippen LogP) is 0.804. The van der Waals surface area contributed by atoms with E-state index >= 15 is 0 Å². The summed E-state index contributed by atoms with van der Waals surface area (Å²) in [6, 6.07) is 0. The Labute approximate surface area is 50.8 Å². The van der Waals surface area contributed by atoms with E-state index in [1.165, 1.54) is 0 Å². The Kier molecular flexibility index (Phi) is 3.28. The van der Waals surface area contributed by atoms with Crippen molar-refractivity contribution in [1.29, 1.82) is 0 Å². The second-order valence-corrected chi connectivity index (χ2v) is 1.90. The fourth-order valence-electron chi connectivity index (χ4n) is 0.442. The van der Waals surface area contributed by atoms with Crippen molar-refractivity contribution in [3.8, 4) is 0 Å². The summed E-state index contributed by atoms with van der Waals surface area (Å²) in [6.45, 7) is 5.88. The number of nitrogens with one attached hydrogen (secondary N) is 1. The first kappa shape index (κ1) is 7.50. The summed E-state index contributed by atoms with van der Waals surface area (Å²) < 4.78 is 0. The quantitative estimate of drug-likeness (QED) is 0.521. The van der Waals surface area contributed by atoms with Crippen LogP contribution in [0.4, 0.5) is 0 Å². The van der Waals surface area contributed by atoms with Crippen LogP contribution in [0.1, 0.15) is 20.8 Å². The largest absolute Gasteiger partial charge is 0.374 e. The van der Waals surface area contributed by atoms with E-state index in [-0.39, 0.29) is 6.17 Å². The molecule has 1 unspecified atom stereocenters. The third kappa shape index (κ3) is 3.68. The van der Waals surface area contributed by atoms with E-state index in [1.807, 2.05) is 26.8 Å². The molecule has 0 heterocycles. The minimum atomic E-state index is 0.0613. The molecule has 0 fully saturated rings. The minimum Gasteiger partial charge on any atom is -0.374 e. The molecule has 3 N–H and O–H groups in total. The first-order valence-corrected chi connectivity index (χ1v) is 2.82. The van der Waals surface area contributed by atoms with E-state index in [0.717, 1.165) is 5.70 Å². The van der Waals surface area contributed by atoms with E-state index in [4.69, 9.17) is 5.73 Å². The van der Waals surface area contributed by atoms with Gasteiger partial charge in [-0.05, 0) is 20.8 Å². The third-order valence-electron chi connectivity index (χ3n) is 0.888. The third-order valence-corrected chi connectivity index (χ3v) is 0.888. The molecule has 0 rings (SSSR count). The molecule has 0 spiro atoms. The lowest BCUT2D eigenvalue weighted by molar-refractivity contribution is 0.640. The van der Waals surface area contributed by atoms with Crippen molar-refractivity contribution in [1.82, 2.24) is 5.32 Å². The molecule has 0 aliphatic carbocycles. The van der Waals surface area contributed by atoms with Crippen LogP contribution in [0.15, 0.2) is 11.8 Å². The van der Waals surface area contributed by atoms with Gasteiger partial charge in [-0.15, -0.1) is 0 Å². The summed E-state index contributed by atoms with van der Waals surface area (Å²) in [5, 5.41) is 3.03. The van der Waals surface area contributed by atoms with Crippen LogP contribution < -0.4 is 11.1 Å². The lowest BCUT2D eigenvalue weighted by Crippen LogP contribution is -2.32. The van der Waals surface area contributed by atoms with Gasteiger partial charge in [0.2, 0.25) is 0 Å². The molecule has 1 atom stereocenters. The number of hydrogen-bond donors (Lipinski definition) is 2. The molecular formula is C6H14N2. The number of hydrogen-bond acceptors (Lipinski definition) is 2. The van der Waals surface area contributed by atoms with Crippen molar-refractivity contribution < 1.29 is 0 Å². The van der Waals surface area contributed by atoms with Gasteiger partial charge in [-0.1, -0.05) is 6.08 Å². The zero-order valence-electron chi connectivity index (χ0n) is 5.73. The zero-order chi connectivity index (χ0) is 6.57. The second-order valence-electron chi connectivity index (χ2n) is 1.90. The highest BCUT2D eigenvalue weighted by atomic mass is 15.0. The molecule has 0 aromatic carbocycles. The Balaban J connectivity index is 3.39. The van der Waals surface area contributed by atoms with Crippen molar-refractivity contribution in [3.63, 3.8) is 0 Å². The Morgan fingerprint density at radius 1 is 1.75 bits per heavy atom. The van der Waals surface area contributed by atoms with Crippen molar-refractivity contribution in [2.24, 2.45) is 5.73 Å². The average molecular weight is 114 g/mol. The molecule has 0 radical (unpaired) electrons. The fourth-order valence-corrected chi connectivity index (χ4v) is 0.442. The monoisotopic (exact) mass is 114 g/mol. The standard InChI is InChI=1S/C6H14N2/c1-4-5(2)8-6(3)7/h4,6,8H,7H2,1-3H3/b5-4-. The Morgan fingerprint density at radius 2 is 2.25 bits per heavy atom. The molecule has 0 bridgehead atoms. The van der Waals surface area contributed by atoms with Gasteiger partial charge in [0.1, 0.15) is 0 Å². The van der Waals surface area contributed by atoms with Gasteiger partial charge in [0.05, 0.1) is 6.17 Å². The summed E-state index contributed by atoms with van der Waals surface area (Å²) in [5.74, 6) is 0. The zero-order valence-corrected chi connectivity index (χ0v) is 5.73. The molecule has 2 nitrogen and oxygen atoms in total. The Bertz CT molecular complexity index is 84.5. The van der Waals surface area contributed by atoms with Crippen molar-refractivity contribution in [2.45, 2.75) is 26.9 Å². The van der Waals surface area contributed by atoms with Crippen LogP contribution in [-0.4, -0.2) is 6.17 Å². The normalized spacial score (nSPS) is 15.8. The van der Waals surface area contributed by atoms with Crippen LogP contribution in [0.25, 0.3) is 0 Å². The lowest BCUT2D eigenvalue weighted by atomic mass is 10.4. The van der Waals surface area contributed by atoms with E-state index in [2.05, 4.69) is 5.32 Å². The molecule has 0 aliphatic rings. The molecule has 0 amide bonds. The molecule has 0 aromatic rings. The van der Waals surface area contributed by atoms with E-state index in [0.29, 0.717) is 0 Å². The van der Waals surface area contributed by atoms with E-state index in [9.17, 15) is 0 Å². The molecule has 2 heteroatoms. The number of rotatable bonds is 2. The topological polar surface area (TPSA) is 38.0 Å². The lowest BCUT2D eigenvalue weighted by Gasteiger charge is -2.08. The van der Waals surface area contributed by atoms with Crippen molar-refractivity contribution in [2.75, 3.05) is 0 Å². The highest BCUT2D eigenvalue weighted by Crippen LogP contribution is 1.83. The van der Waals surface area contributed by atoms with Crippen LogP contribution in [0.5, 0.6) is 0 Å². The first-order chi connectivity index (χ1) is 3.66. The van der Waals surface area contributed by atoms with Gasteiger partial charge in [0, 0.05) is 5.70 Å². The van der Waals surface area contributed by atoms with E-state index < -0.39 is 0 Å². The summed E-state index contributed by atoms with van der Waals surface area (Å²) in [5.41, 5.74) is 6.54. The van der Waals surface area contributed by atoms with Gasteiger partial charge < -0.3 is 11.1 Å². The SMILES string of the molecule is C/C=C(/C)NC(C)N. The summed E-state index contributed by atoms with van der Waals surface area (Å²) >= 11 is 0. The summed E-state index contributed by atoms with van der Waals surface area (Å²) in [4.78, 5) is 0. The predicted molar refractivity (Wildman–Crippen MR) is 36.2 cm³/mol. The number of nitrogens with two attached hydrogens (primary N) is 1. The maximum Gasteiger partial charge on any atom is 0.0711 e. The Morgan fingerprint density at radius 3 is 2.38 bits per heavy atom. The van der Waals surface area contributed by atoms with Gasteiger partial charge in [-0.25, -0.2) is 0 Å².